The Kier molecular flexibility index (Phi) is 5.80. The number of nitrogens with one attached hydrogen (secondary N) is 1. The second-order valence-corrected chi connectivity index (χ2v) is 5.11. The topological polar surface area (TPSA) is 81.8 Å². The van der Waals surface area contributed by atoms with Gasteiger partial charge in [0, 0.05) is 18.9 Å². The van der Waals surface area contributed by atoms with Crippen molar-refractivity contribution in [2.45, 2.75) is 20.0 Å². The molecule has 122 valence electrons. The van der Waals surface area contributed by atoms with Gasteiger partial charge in [0.2, 0.25) is 0 Å². The number of pyridine rings is 1. The zero-order chi connectivity index (χ0) is 16.7. The molecule has 0 bridgehead atoms. The molecule has 0 aliphatic heterocycles. The van der Waals surface area contributed by atoms with Gasteiger partial charge in [0.1, 0.15) is 0 Å². The van der Waals surface area contributed by atoms with Crippen molar-refractivity contribution >= 4 is 5.96 Å². The Bertz CT molecular complexity index is 686. The first kappa shape index (κ1) is 16.6. The molecule has 0 saturated heterocycles. The maximum Gasteiger partial charge on any atom is 0.189 e. The lowest BCUT2D eigenvalue weighted by molar-refractivity contribution is 0.354. The number of rotatable bonds is 6. The van der Waals surface area contributed by atoms with Gasteiger partial charge in [-0.1, -0.05) is 12.1 Å². The first-order chi connectivity index (χ1) is 11.1. The molecule has 6 nitrogen and oxygen atoms in total. The predicted octanol–water partition coefficient (Wildman–Crippen LogP) is 2.01. The highest BCUT2D eigenvalue weighted by Gasteiger charge is 2.04. The number of aliphatic imine (C=N–C) groups is 1. The molecule has 0 atom stereocenters. The van der Waals surface area contributed by atoms with Crippen LogP contribution in [0.5, 0.6) is 11.5 Å². The van der Waals surface area contributed by atoms with E-state index >= 15 is 0 Å². The van der Waals surface area contributed by atoms with Crippen molar-refractivity contribution in [1.29, 1.82) is 0 Å². The number of ether oxygens (including phenoxy) is 2. The van der Waals surface area contributed by atoms with Gasteiger partial charge < -0.3 is 20.5 Å². The molecule has 1 aromatic heterocycles. The highest BCUT2D eigenvalue weighted by molar-refractivity contribution is 5.77. The maximum absolute atomic E-state index is 5.90. The fraction of sp³-hybridized carbons (Fsp3) is 0.294. The molecule has 0 saturated carbocycles. The monoisotopic (exact) mass is 314 g/mol. The average molecular weight is 314 g/mol. The van der Waals surface area contributed by atoms with Gasteiger partial charge in [-0.05, 0) is 35.7 Å². The summed E-state index contributed by atoms with van der Waals surface area (Å²) in [4.78, 5) is 8.45. The molecule has 0 amide bonds. The third kappa shape index (κ3) is 4.88. The number of nitrogens with zero attached hydrogens (tertiary/aromatic N) is 2. The van der Waals surface area contributed by atoms with Gasteiger partial charge in [-0.3, -0.25) is 4.98 Å². The van der Waals surface area contributed by atoms with Crippen LogP contribution in [0.1, 0.15) is 16.7 Å². The first-order valence-electron chi connectivity index (χ1n) is 7.27. The van der Waals surface area contributed by atoms with E-state index < -0.39 is 0 Å². The van der Waals surface area contributed by atoms with Crippen LogP contribution in [0.3, 0.4) is 0 Å². The molecule has 1 aromatic carbocycles. The van der Waals surface area contributed by atoms with Crippen molar-refractivity contribution in [1.82, 2.24) is 10.3 Å². The third-order valence-corrected chi connectivity index (χ3v) is 3.29. The number of aromatic nitrogens is 1. The second-order valence-electron chi connectivity index (χ2n) is 5.11. The number of aryl methyl sites for hydroxylation is 1. The van der Waals surface area contributed by atoms with Crippen molar-refractivity contribution in [3.8, 4) is 11.5 Å². The van der Waals surface area contributed by atoms with Crippen LogP contribution >= 0.6 is 0 Å². The quantitative estimate of drug-likeness (QED) is 0.629. The zero-order valence-electron chi connectivity index (χ0n) is 13.7. The summed E-state index contributed by atoms with van der Waals surface area (Å²) in [5, 5.41) is 3.08. The van der Waals surface area contributed by atoms with Crippen LogP contribution in [-0.2, 0) is 13.1 Å². The molecule has 0 aliphatic rings. The van der Waals surface area contributed by atoms with E-state index in [0.29, 0.717) is 30.5 Å². The molecule has 3 N–H and O–H groups in total. The number of hydrogen-bond donors (Lipinski definition) is 2. The van der Waals surface area contributed by atoms with E-state index in [1.165, 1.54) is 0 Å². The van der Waals surface area contributed by atoms with E-state index in [9.17, 15) is 0 Å². The zero-order valence-corrected chi connectivity index (χ0v) is 13.7. The van der Waals surface area contributed by atoms with Crippen molar-refractivity contribution in [3.05, 3.63) is 53.3 Å². The van der Waals surface area contributed by atoms with E-state index in [1.807, 2.05) is 37.4 Å². The summed E-state index contributed by atoms with van der Waals surface area (Å²) in [6.07, 6.45) is 3.60. The summed E-state index contributed by atoms with van der Waals surface area (Å²) in [7, 11) is 3.22. The van der Waals surface area contributed by atoms with Crippen molar-refractivity contribution in [2.75, 3.05) is 14.2 Å². The minimum Gasteiger partial charge on any atom is -0.493 e. The summed E-state index contributed by atoms with van der Waals surface area (Å²) in [5.41, 5.74) is 9.06. The molecule has 2 rings (SSSR count). The van der Waals surface area contributed by atoms with E-state index in [4.69, 9.17) is 15.2 Å². The van der Waals surface area contributed by atoms with E-state index in [-0.39, 0.29) is 0 Å². The Balaban J connectivity index is 1.93. The number of methoxy groups -OCH3 is 2. The Morgan fingerprint density at radius 2 is 1.91 bits per heavy atom. The highest BCUT2D eigenvalue weighted by atomic mass is 16.5. The molecular weight excluding hydrogens is 292 g/mol. The molecule has 1 heterocycles. The van der Waals surface area contributed by atoms with Gasteiger partial charge in [0.05, 0.1) is 20.8 Å². The molecular formula is C17H22N4O2. The van der Waals surface area contributed by atoms with E-state index in [1.54, 1.807) is 20.4 Å². The largest absolute Gasteiger partial charge is 0.493 e. The van der Waals surface area contributed by atoms with E-state index in [0.717, 1.165) is 16.7 Å². The molecule has 0 unspecified atom stereocenters. The van der Waals surface area contributed by atoms with Gasteiger partial charge >= 0.3 is 0 Å². The minimum absolute atomic E-state index is 0.390. The highest BCUT2D eigenvalue weighted by Crippen LogP contribution is 2.27. The Morgan fingerprint density at radius 3 is 2.61 bits per heavy atom. The van der Waals surface area contributed by atoms with Gasteiger partial charge in [-0.2, -0.15) is 0 Å². The molecule has 0 fully saturated rings. The number of nitrogens with two attached hydrogens (primary N) is 1. The van der Waals surface area contributed by atoms with Crippen LogP contribution in [-0.4, -0.2) is 25.2 Å². The number of guanidine groups is 1. The van der Waals surface area contributed by atoms with E-state index in [2.05, 4.69) is 15.3 Å². The molecule has 23 heavy (non-hydrogen) atoms. The van der Waals surface area contributed by atoms with Crippen LogP contribution in [0.15, 0.2) is 41.7 Å². The summed E-state index contributed by atoms with van der Waals surface area (Å²) < 4.78 is 10.5. The van der Waals surface area contributed by atoms with Crippen LogP contribution in [0.2, 0.25) is 0 Å². The van der Waals surface area contributed by atoms with Gasteiger partial charge in [0.15, 0.2) is 17.5 Å². The lowest BCUT2D eigenvalue weighted by Crippen LogP contribution is -2.31. The minimum atomic E-state index is 0.390. The van der Waals surface area contributed by atoms with Crippen LogP contribution in [0, 0.1) is 6.92 Å². The second kappa shape index (κ2) is 8.03. The molecule has 2 aromatic rings. The predicted molar refractivity (Wildman–Crippen MR) is 90.7 cm³/mol. The average Bonchev–Trinajstić information content (AvgIpc) is 2.57. The fourth-order valence-electron chi connectivity index (χ4n) is 2.12. The molecule has 0 spiro atoms. The van der Waals surface area contributed by atoms with Crippen molar-refractivity contribution in [3.63, 3.8) is 0 Å². The molecule has 0 aliphatic carbocycles. The maximum atomic E-state index is 5.90. The summed E-state index contributed by atoms with van der Waals surface area (Å²) in [6.45, 7) is 3.06. The number of hydrogen-bond acceptors (Lipinski definition) is 4. The lowest BCUT2D eigenvalue weighted by atomic mass is 10.2. The van der Waals surface area contributed by atoms with Crippen molar-refractivity contribution in [2.24, 2.45) is 10.7 Å². The van der Waals surface area contributed by atoms with Crippen LogP contribution in [0.4, 0.5) is 0 Å². The standard InChI is InChI=1S/C17H22N4O2/c1-12-6-14(9-19-8-12)11-21-17(18)20-10-13-4-5-15(22-2)16(7-13)23-3/h4-9H,10-11H2,1-3H3,(H3,18,20,21). The van der Waals surface area contributed by atoms with Crippen LogP contribution < -0.4 is 20.5 Å². The Hall–Kier alpha value is -2.76. The smallest absolute Gasteiger partial charge is 0.189 e. The van der Waals surface area contributed by atoms with Gasteiger partial charge in [-0.15, -0.1) is 0 Å². The summed E-state index contributed by atoms with van der Waals surface area (Å²) in [5.74, 6) is 1.78. The molecule has 0 radical (unpaired) electrons. The SMILES string of the molecule is COc1ccc(CNC(N)=NCc2cncc(C)c2)cc1OC. The third-order valence-electron chi connectivity index (χ3n) is 3.29. The summed E-state index contributed by atoms with van der Waals surface area (Å²) in [6, 6.07) is 7.76. The van der Waals surface area contributed by atoms with Crippen molar-refractivity contribution < 1.29 is 9.47 Å². The number of benzene rings is 1. The molecule has 6 heteroatoms. The fourth-order valence-corrected chi connectivity index (χ4v) is 2.12. The van der Waals surface area contributed by atoms with Crippen LogP contribution in [0.25, 0.3) is 0 Å². The Morgan fingerprint density at radius 1 is 1.13 bits per heavy atom. The summed E-state index contributed by atoms with van der Waals surface area (Å²) >= 11 is 0. The lowest BCUT2D eigenvalue weighted by Gasteiger charge is -2.10. The Labute approximate surface area is 136 Å². The van der Waals surface area contributed by atoms with Gasteiger partial charge in [0.25, 0.3) is 0 Å². The normalized spacial score (nSPS) is 11.2. The first-order valence-corrected chi connectivity index (χ1v) is 7.27. The van der Waals surface area contributed by atoms with Gasteiger partial charge in [-0.25, -0.2) is 4.99 Å².